The number of hydrogen-bond acceptors (Lipinski definition) is 5. The molecule has 0 saturated heterocycles. The van der Waals surface area contributed by atoms with Gasteiger partial charge in [0, 0.05) is 6.54 Å². The molecule has 0 aliphatic rings. The highest BCUT2D eigenvalue weighted by atomic mass is 16.6. The zero-order chi connectivity index (χ0) is 11.4. The molecule has 1 rings (SSSR count). The highest BCUT2D eigenvalue weighted by Gasteiger charge is 2.10. The second-order valence-electron chi connectivity index (χ2n) is 3.35. The predicted molar refractivity (Wildman–Crippen MR) is 53.4 cm³/mol. The molecule has 0 aliphatic carbocycles. The summed E-state index contributed by atoms with van der Waals surface area (Å²) in [5, 5.41) is 10.4. The lowest BCUT2D eigenvalue weighted by atomic mass is 10.2. The summed E-state index contributed by atoms with van der Waals surface area (Å²) in [6.07, 6.45) is 2.13. The summed E-state index contributed by atoms with van der Waals surface area (Å²) in [4.78, 5) is 24.5. The van der Waals surface area contributed by atoms with Crippen LogP contribution < -0.4 is 11.4 Å². The van der Waals surface area contributed by atoms with Crippen molar-refractivity contribution in [2.24, 2.45) is 11.7 Å². The number of nitro groups is 1. The second kappa shape index (κ2) is 4.65. The lowest BCUT2D eigenvalue weighted by Gasteiger charge is -2.09. The van der Waals surface area contributed by atoms with Crippen molar-refractivity contribution < 1.29 is 4.92 Å². The molecule has 0 aliphatic heterocycles. The van der Waals surface area contributed by atoms with E-state index in [1.807, 2.05) is 6.92 Å². The molecule has 15 heavy (non-hydrogen) atoms. The van der Waals surface area contributed by atoms with Gasteiger partial charge in [0.25, 0.3) is 0 Å². The largest absolute Gasteiger partial charge is 0.347 e. The SMILES string of the molecule is CC(CN)Cn1cc([N+](=O)[O-])cnc1=O. The van der Waals surface area contributed by atoms with Gasteiger partial charge in [-0.05, 0) is 12.5 Å². The average Bonchev–Trinajstić information content (AvgIpc) is 2.20. The van der Waals surface area contributed by atoms with Gasteiger partial charge in [0.2, 0.25) is 0 Å². The van der Waals surface area contributed by atoms with Gasteiger partial charge in [0.15, 0.2) is 0 Å². The first-order chi connectivity index (χ1) is 7.04. The van der Waals surface area contributed by atoms with E-state index in [1.54, 1.807) is 0 Å². The van der Waals surface area contributed by atoms with E-state index in [9.17, 15) is 14.9 Å². The highest BCUT2D eigenvalue weighted by Crippen LogP contribution is 2.06. The summed E-state index contributed by atoms with van der Waals surface area (Å²) in [5.74, 6) is 0.0755. The van der Waals surface area contributed by atoms with E-state index in [2.05, 4.69) is 4.98 Å². The predicted octanol–water partition coefficient (Wildman–Crippen LogP) is -0.254. The van der Waals surface area contributed by atoms with Gasteiger partial charge in [0.05, 0.1) is 11.1 Å². The molecular formula is C8H12N4O3. The Morgan fingerprint density at radius 3 is 2.93 bits per heavy atom. The molecule has 0 radical (unpaired) electrons. The fraction of sp³-hybridized carbons (Fsp3) is 0.500. The van der Waals surface area contributed by atoms with Crippen LogP contribution in [-0.4, -0.2) is 21.0 Å². The highest BCUT2D eigenvalue weighted by molar-refractivity contribution is 5.20. The van der Waals surface area contributed by atoms with Crippen molar-refractivity contribution in [3.05, 3.63) is 33.0 Å². The number of rotatable bonds is 4. The molecule has 7 heteroatoms. The van der Waals surface area contributed by atoms with Crippen molar-refractivity contribution >= 4 is 5.69 Å². The van der Waals surface area contributed by atoms with Crippen molar-refractivity contribution in [2.45, 2.75) is 13.5 Å². The fourth-order valence-electron chi connectivity index (χ4n) is 1.08. The molecule has 1 unspecified atom stereocenters. The minimum atomic E-state index is -0.587. The van der Waals surface area contributed by atoms with Crippen molar-refractivity contribution in [2.75, 3.05) is 6.54 Å². The molecule has 1 aromatic rings. The standard InChI is InChI=1S/C8H12N4O3/c1-6(2-9)4-11-5-7(12(14)15)3-10-8(11)13/h3,5-6H,2,4,9H2,1H3. The molecule has 1 heterocycles. The smallest absolute Gasteiger partial charge is 0.330 e. The second-order valence-corrected chi connectivity index (χ2v) is 3.35. The maximum Gasteiger partial charge on any atom is 0.347 e. The van der Waals surface area contributed by atoms with E-state index < -0.39 is 10.6 Å². The van der Waals surface area contributed by atoms with Gasteiger partial charge in [-0.1, -0.05) is 6.92 Å². The van der Waals surface area contributed by atoms with Crippen molar-refractivity contribution in [1.29, 1.82) is 0 Å². The van der Waals surface area contributed by atoms with Gasteiger partial charge < -0.3 is 5.73 Å². The Morgan fingerprint density at radius 1 is 1.73 bits per heavy atom. The van der Waals surface area contributed by atoms with E-state index in [0.29, 0.717) is 13.1 Å². The molecule has 0 fully saturated rings. The summed E-state index contributed by atoms with van der Waals surface area (Å²) < 4.78 is 1.20. The van der Waals surface area contributed by atoms with Gasteiger partial charge in [-0.2, -0.15) is 4.98 Å². The lowest BCUT2D eigenvalue weighted by molar-refractivity contribution is -0.385. The van der Waals surface area contributed by atoms with Crippen LogP contribution in [0, 0.1) is 16.0 Å². The number of hydrogen-bond donors (Lipinski definition) is 1. The van der Waals surface area contributed by atoms with Crippen LogP contribution in [0.3, 0.4) is 0 Å². The first kappa shape index (κ1) is 11.3. The summed E-state index contributed by atoms with van der Waals surface area (Å²) >= 11 is 0. The van der Waals surface area contributed by atoms with Crippen LogP contribution in [-0.2, 0) is 6.54 Å². The zero-order valence-electron chi connectivity index (χ0n) is 8.29. The van der Waals surface area contributed by atoms with Gasteiger partial charge in [0.1, 0.15) is 6.20 Å². The van der Waals surface area contributed by atoms with Crippen LogP contribution >= 0.6 is 0 Å². The topological polar surface area (TPSA) is 104 Å². The lowest BCUT2D eigenvalue weighted by Crippen LogP contribution is -2.27. The molecule has 1 aromatic heterocycles. The maximum atomic E-state index is 11.2. The van der Waals surface area contributed by atoms with Crippen molar-refractivity contribution in [3.63, 3.8) is 0 Å². The first-order valence-corrected chi connectivity index (χ1v) is 4.45. The number of aromatic nitrogens is 2. The quantitative estimate of drug-likeness (QED) is 0.547. The third-order valence-electron chi connectivity index (χ3n) is 1.96. The Kier molecular flexibility index (Phi) is 3.51. The molecule has 0 amide bonds. The third-order valence-corrected chi connectivity index (χ3v) is 1.96. The first-order valence-electron chi connectivity index (χ1n) is 4.45. The average molecular weight is 212 g/mol. The van der Waals surface area contributed by atoms with Crippen LogP contribution in [0.5, 0.6) is 0 Å². The molecule has 0 bridgehead atoms. The Morgan fingerprint density at radius 2 is 2.40 bits per heavy atom. The molecular weight excluding hydrogens is 200 g/mol. The van der Waals surface area contributed by atoms with E-state index >= 15 is 0 Å². The van der Waals surface area contributed by atoms with E-state index in [1.165, 1.54) is 10.8 Å². The van der Waals surface area contributed by atoms with E-state index in [4.69, 9.17) is 5.73 Å². The Labute approximate surface area is 85.7 Å². The minimum Gasteiger partial charge on any atom is -0.330 e. The third kappa shape index (κ3) is 2.84. The fourth-order valence-corrected chi connectivity index (χ4v) is 1.08. The van der Waals surface area contributed by atoms with Crippen LogP contribution in [0.25, 0.3) is 0 Å². The van der Waals surface area contributed by atoms with Crippen molar-refractivity contribution in [1.82, 2.24) is 9.55 Å². The van der Waals surface area contributed by atoms with E-state index in [0.717, 1.165) is 6.20 Å². The van der Waals surface area contributed by atoms with Gasteiger partial charge in [-0.15, -0.1) is 0 Å². The van der Waals surface area contributed by atoms with Gasteiger partial charge >= 0.3 is 11.4 Å². The monoisotopic (exact) mass is 212 g/mol. The molecule has 0 spiro atoms. The minimum absolute atomic E-state index is 0.0755. The molecule has 82 valence electrons. The maximum absolute atomic E-state index is 11.2. The Hall–Kier alpha value is -1.76. The molecule has 2 N–H and O–H groups in total. The van der Waals surface area contributed by atoms with Crippen molar-refractivity contribution in [3.8, 4) is 0 Å². The van der Waals surface area contributed by atoms with Crippen LogP contribution in [0.4, 0.5) is 5.69 Å². The van der Waals surface area contributed by atoms with Gasteiger partial charge in [-0.25, -0.2) is 4.79 Å². The zero-order valence-corrected chi connectivity index (χ0v) is 8.29. The molecule has 1 atom stereocenters. The normalized spacial score (nSPS) is 12.4. The summed E-state index contributed by atoms with van der Waals surface area (Å²) in [5.41, 5.74) is 4.70. The van der Waals surface area contributed by atoms with E-state index in [-0.39, 0.29) is 11.6 Å². The van der Waals surface area contributed by atoms with Gasteiger partial charge in [-0.3, -0.25) is 14.7 Å². The van der Waals surface area contributed by atoms with Crippen LogP contribution in [0.2, 0.25) is 0 Å². The number of nitrogens with two attached hydrogens (primary N) is 1. The van der Waals surface area contributed by atoms with Crippen LogP contribution in [0.15, 0.2) is 17.2 Å². The molecule has 7 nitrogen and oxygen atoms in total. The Bertz CT molecular complexity index is 415. The molecule has 0 aromatic carbocycles. The summed E-state index contributed by atoms with van der Waals surface area (Å²) in [7, 11) is 0. The Balaban J connectivity index is 3.00. The molecule has 0 saturated carbocycles. The van der Waals surface area contributed by atoms with Crippen LogP contribution in [0.1, 0.15) is 6.92 Å². The summed E-state index contributed by atoms with van der Waals surface area (Å²) in [6.45, 7) is 2.60. The number of nitrogens with zero attached hydrogens (tertiary/aromatic N) is 3. The summed E-state index contributed by atoms with van der Waals surface area (Å²) in [6, 6.07) is 0.